The molecule has 0 amide bonds. The van der Waals surface area contributed by atoms with E-state index in [2.05, 4.69) is 28.6 Å². The molecule has 1 saturated carbocycles. The number of nitrogens with one attached hydrogen (secondary N) is 1. The van der Waals surface area contributed by atoms with Gasteiger partial charge in [-0.3, -0.25) is 0 Å². The fourth-order valence-corrected chi connectivity index (χ4v) is 6.55. The highest BCUT2D eigenvalue weighted by Crippen LogP contribution is 2.45. The Kier molecular flexibility index (Phi) is 6.22. The van der Waals surface area contributed by atoms with Gasteiger partial charge in [-0.05, 0) is 67.3 Å². The maximum atomic E-state index is 14.0. The number of hydrogen-bond donors (Lipinski definition) is 1. The van der Waals surface area contributed by atoms with Crippen molar-refractivity contribution in [1.29, 1.82) is 0 Å². The number of fused-ring (bicyclic) bond motifs is 1. The monoisotopic (exact) mass is 541 g/mol. The third-order valence-electron chi connectivity index (χ3n) is 7.60. The first-order valence-electron chi connectivity index (χ1n) is 13.0. The van der Waals surface area contributed by atoms with Crippen molar-refractivity contribution in [1.82, 2.24) is 9.19 Å². The highest BCUT2D eigenvalue weighted by molar-refractivity contribution is 7.89. The highest BCUT2D eigenvalue weighted by Gasteiger charge is 2.41. The van der Waals surface area contributed by atoms with Crippen LogP contribution in [0.5, 0.6) is 11.5 Å². The van der Waals surface area contributed by atoms with Gasteiger partial charge in [-0.25, -0.2) is 0 Å². The summed E-state index contributed by atoms with van der Waals surface area (Å²) < 4.78 is 40.4. The Bertz CT molecular complexity index is 1620. The van der Waals surface area contributed by atoms with Gasteiger partial charge in [0.25, 0.3) is 10.0 Å². The first kappa shape index (κ1) is 25.2. The molecule has 1 heterocycles. The van der Waals surface area contributed by atoms with E-state index in [9.17, 15) is 8.42 Å². The van der Waals surface area contributed by atoms with Gasteiger partial charge in [-0.1, -0.05) is 54.1 Å². The van der Waals surface area contributed by atoms with Crippen LogP contribution in [-0.4, -0.2) is 37.9 Å². The minimum absolute atomic E-state index is 0.208. The van der Waals surface area contributed by atoms with Crippen molar-refractivity contribution in [2.45, 2.75) is 42.5 Å². The average molecular weight is 542 g/mol. The maximum absolute atomic E-state index is 14.0. The number of nitrogens with zero attached hydrogens (tertiary/aromatic N) is 2. The number of methoxy groups -OCH3 is 2. The van der Waals surface area contributed by atoms with Gasteiger partial charge in [0.1, 0.15) is 11.5 Å². The molecular weight excluding hydrogens is 510 g/mol. The molecule has 1 N–H and O–H groups in total. The molecule has 8 heteroatoms. The van der Waals surface area contributed by atoms with E-state index in [1.54, 1.807) is 26.4 Å². The third kappa shape index (κ3) is 4.48. The molecule has 0 aliphatic heterocycles. The van der Waals surface area contributed by atoms with Gasteiger partial charge < -0.3 is 14.8 Å². The number of benzene rings is 3. The van der Waals surface area contributed by atoms with Crippen molar-refractivity contribution in [2.24, 2.45) is 0 Å². The smallest absolute Gasteiger partial charge is 0.283 e. The van der Waals surface area contributed by atoms with Crippen molar-refractivity contribution in [3.05, 3.63) is 107 Å². The van der Waals surface area contributed by atoms with Gasteiger partial charge >= 0.3 is 0 Å². The van der Waals surface area contributed by atoms with E-state index >= 15 is 0 Å². The van der Waals surface area contributed by atoms with Crippen molar-refractivity contribution in [3.63, 3.8) is 0 Å². The molecule has 2 aliphatic carbocycles. The van der Waals surface area contributed by atoms with E-state index in [1.165, 1.54) is 4.09 Å². The molecule has 0 spiro atoms. The predicted octanol–water partition coefficient (Wildman–Crippen LogP) is 5.58. The van der Waals surface area contributed by atoms with Crippen LogP contribution in [0, 0.1) is 6.92 Å². The summed E-state index contributed by atoms with van der Waals surface area (Å²) in [6.45, 7) is 1.94. The molecule has 200 valence electrons. The van der Waals surface area contributed by atoms with Crippen molar-refractivity contribution < 1.29 is 17.9 Å². The largest absolute Gasteiger partial charge is 0.497 e. The number of hydrogen-bond acceptors (Lipinski definition) is 6. The molecule has 39 heavy (non-hydrogen) atoms. The summed E-state index contributed by atoms with van der Waals surface area (Å²) in [7, 11) is -0.662. The van der Waals surface area contributed by atoms with Gasteiger partial charge in [0.2, 0.25) is 0 Å². The maximum Gasteiger partial charge on any atom is 0.283 e. The van der Waals surface area contributed by atoms with Gasteiger partial charge in [0.15, 0.2) is 5.82 Å². The summed E-state index contributed by atoms with van der Waals surface area (Å²) in [6, 6.07) is 23.1. The molecular formula is C31H31N3O4S. The minimum atomic E-state index is -3.95. The molecule has 0 bridgehead atoms. The molecule has 4 aromatic rings. The molecule has 0 radical (unpaired) electrons. The van der Waals surface area contributed by atoms with E-state index in [0.717, 1.165) is 46.6 Å². The second-order valence-electron chi connectivity index (χ2n) is 10.2. The normalized spacial score (nSPS) is 16.0. The fraction of sp³-hybridized carbons (Fsp3) is 0.258. The Balaban J connectivity index is 1.57. The summed E-state index contributed by atoms with van der Waals surface area (Å²) >= 11 is 0. The van der Waals surface area contributed by atoms with E-state index in [0.29, 0.717) is 24.0 Å². The van der Waals surface area contributed by atoms with E-state index in [1.807, 2.05) is 61.5 Å². The first-order valence-corrected chi connectivity index (χ1v) is 14.5. The SMILES string of the molecule is COc1cccc(C2(c3cccc(OC)c3)C=Cc3c(NC4CC4)nn(S(=O)(=O)c4ccc(C)cc4)c3C2)c1. The zero-order valence-corrected chi connectivity index (χ0v) is 23.0. The van der Waals surface area contributed by atoms with Crippen molar-refractivity contribution in [2.75, 3.05) is 19.5 Å². The second-order valence-corrected chi connectivity index (χ2v) is 12.0. The lowest BCUT2D eigenvalue weighted by molar-refractivity contribution is 0.411. The minimum Gasteiger partial charge on any atom is -0.497 e. The molecule has 0 unspecified atom stereocenters. The first-order chi connectivity index (χ1) is 18.8. The number of ether oxygens (including phenoxy) is 2. The second kappa shape index (κ2) is 9.61. The van der Waals surface area contributed by atoms with Crippen LogP contribution >= 0.6 is 0 Å². The molecule has 0 saturated heterocycles. The van der Waals surface area contributed by atoms with Crippen LogP contribution in [0.25, 0.3) is 6.08 Å². The molecule has 2 aliphatic rings. The molecule has 3 aromatic carbocycles. The van der Waals surface area contributed by atoms with Crippen LogP contribution in [0.1, 0.15) is 40.8 Å². The third-order valence-corrected chi connectivity index (χ3v) is 9.23. The summed E-state index contributed by atoms with van der Waals surface area (Å²) in [4.78, 5) is 0.208. The molecule has 7 nitrogen and oxygen atoms in total. The van der Waals surface area contributed by atoms with Crippen molar-refractivity contribution in [3.8, 4) is 11.5 Å². The van der Waals surface area contributed by atoms with Gasteiger partial charge in [-0.15, -0.1) is 5.10 Å². The van der Waals surface area contributed by atoms with E-state index < -0.39 is 15.4 Å². The number of aromatic nitrogens is 2. The number of allylic oxidation sites excluding steroid dienone is 1. The Morgan fingerprint density at radius 2 is 1.54 bits per heavy atom. The van der Waals surface area contributed by atoms with Crippen LogP contribution in [-0.2, 0) is 21.9 Å². The lowest BCUT2D eigenvalue weighted by Gasteiger charge is -2.35. The van der Waals surface area contributed by atoms with Gasteiger partial charge in [0.05, 0.1) is 24.8 Å². The summed E-state index contributed by atoms with van der Waals surface area (Å²) in [6.07, 6.45) is 6.64. The zero-order valence-electron chi connectivity index (χ0n) is 22.2. The summed E-state index contributed by atoms with van der Waals surface area (Å²) in [5.41, 5.74) is 3.70. The van der Waals surface area contributed by atoms with Gasteiger partial charge in [-0.2, -0.15) is 12.5 Å². The topological polar surface area (TPSA) is 82.4 Å². The van der Waals surface area contributed by atoms with Crippen molar-refractivity contribution >= 4 is 21.9 Å². The molecule has 1 aromatic heterocycles. The van der Waals surface area contributed by atoms with E-state index in [4.69, 9.17) is 9.47 Å². The molecule has 0 atom stereocenters. The predicted molar refractivity (Wildman–Crippen MR) is 152 cm³/mol. The lowest BCUT2D eigenvalue weighted by Crippen LogP contribution is -2.32. The summed E-state index contributed by atoms with van der Waals surface area (Å²) in [5, 5.41) is 8.13. The standard InChI is InChI=1S/C31H31N3O4S/c1-21-10-14-27(15-11-21)39(35,36)34-29-20-31(22-6-4-8-25(18-22)37-2,23-7-5-9-26(19-23)38-3)17-16-28(29)30(33-34)32-24-12-13-24/h4-11,14-19,24H,12-13,20H2,1-3H3,(H,32,33). The Hall–Kier alpha value is -4.04. The quantitative estimate of drug-likeness (QED) is 0.314. The van der Waals surface area contributed by atoms with Gasteiger partial charge in [0, 0.05) is 23.4 Å². The zero-order chi connectivity index (χ0) is 27.2. The average Bonchev–Trinajstić information content (AvgIpc) is 3.72. The Labute approximate surface area is 229 Å². The van der Waals surface area contributed by atoms with Crippen LogP contribution < -0.4 is 14.8 Å². The molecule has 1 fully saturated rings. The highest BCUT2D eigenvalue weighted by atomic mass is 32.2. The van der Waals surface area contributed by atoms with Crippen LogP contribution in [0.15, 0.2) is 83.8 Å². The van der Waals surface area contributed by atoms with Crippen LogP contribution in [0.4, 0.5) is 5.82 Å². The Morgan fingerprint density at radius 1 is 0.923 bits per heavy atom. The number of aryl methyl sites for hydroxylation is 1. The molecule has 6 rings (SSSR count). The number of anilines is 1. The number of rotatable bonds is 8. The van der Waals surface area contributed by atoms with E-state index in [-0.39, 0.29) is 4.90 Å². The fourth-order valence-electron chi connectivity index (χ4n) is 5.23. The Morgan fingerprint density at radius 3 is 2.10 bits per heavy atom. The summed E-state index contributed by atoms with van der Waals surface area (Å²) in [5.74, 6) is 2.06. The lowest BCUT2D eigenvalue weighted by atomic mass is 9.68. The van der Waals surface area contributed by atoms with Crippen LogP contribution in [0.3, 0.4) is 0 Å². The van der Waals surface area contributed by atoms with Crippen LogP contribution in [0.2, 0.25) is 0 Å².